The number of nitrogens with one attached hydrogen (secondary N) is 1. The maximum atomic E-state index is 12.0. The predicted octanol–water partition coefficient (Wildman–Crippen LogP) is 1.07. The number of hydrogen-bond donors (Lipinski definition) is 2. The van der Waals surface area contributed by atoms with Crippen LogP contribution >= 0.6 is 0 Å². The lowest BCUT2D eigenvalue weighted by molar-refractivity contribution is -0.127. The van der Waals surface area contributed by atoms with Gasteiger partial charge in [0.2, 0.25) is 6.79 Å². The van der Waals surface area contributed by atoms with Gasteiger partial charge in [-0.2, -0.15) is 0 Å². The summed E-state index contributed by atoms with van der Waals surface area (Å²) in [6.07, 6.45) is 1.31. The van der Waals surface area contributed by atoms with E-state index in [1.165, 1.54) is 0 Å². The molecule has 114 valence electrons. The second kappa shape index (κ2) is 5.44. The molecule has 0 unspecified atom stereocenters. The number of aliphatic hydroxyl groups excluding tert-OH is 1. The van der Waals surface area contributed by atoms with Crippen molar-refractivity contribution < 1.29 is 24.1 Å². The van der Waals surface area contributed by atoms with Crippen LogP contribution in [0.15, 0.2) is 18.2 Å². The average molecular weight is 293 g/mol. The van der Waals surface area contributed by atoms with Gasteiger partial charge >= 0.3 is 0 Å². The number of benzene rings is 1. The van der Waals surface area contributed by atoms with Gasteiger partial charge in [0.25, 0.3) is 5.91 Å². The molecule has 0 saturated heterocycles. The van der Waals surface area contributed by atoms with Crippen molar-refractivity contribution in [3.8, 4) is 17.2 Å². The molecule has 6 heteroatoms. The normalized spacial score (nSPS) is 19.0. The molecule has 1 saturated carbocycles. The van der Waals surface area contributed by atoms with Crippen LogP contribution in [0.4, 0.5) is 0 Å². The summed E-state index contributed by atoms with van der Waals surface area (Å²) in [6.45, 7) is 2.51. The van der Waals surface area contributed by atoms with Crippen molar-refractivity contribution in [2.24, 2.45) is 5.41 Å². The van der Waals surface area contributed by atoms with Gasteiger partial charge in [0, 0.05) is 18.0 Å². The minimum absolute atomic E-state index is 0.103. The standard InChI is InChI=1S/C15H19NO5/c1-10(14(18)16-7-15(8-17)4-5-15)21-11-2-3-12-13(6-11)20-9-19-12/h2-3,6,10,17H,4-5,7-9H2,1H3,(H,16,18)/t10-/m1/s1. The minimum atomic E-state index is -0.611. The highest BCUT2D eigenvalue weighted by Crippen LogP contribution is 2.44. The molecule has 2 N–H and O–H groups in total. The highest BCUT2D eigenvalue weighted by molar-refractivity contribution is 5.80. The Labute approximate surface area is 123 Å². The number of aliphatic hydroxyl groups is 1. The monoisotopic (exact) mass is 293 g/mol. The zero-order chi connectivity index (χ0) is 14.9. The molecule has 1 aromatic carbocycles. The summed E-state index contributed by atoms with van der Waals surface area (Å²) < 4.78 is 16.1. The van der Waals surface area contributed by atoms with E-state index >= 15 is 0 Å². The lowest BCUT2D eigenvalue weighted by Gasteiger charge is -2.17. The first-order valence-corrected chi connectivity index (χ1v) is 7.07. The fraction of sp³-hybridized carbons (Fsp3) is 0.533. The fourth-order valence-corrected chi connectivity index (χ4v) is 2.19. The van der Waals surface area contributed by atoms with Gasteiger partial charge in [0.1, 0.15) is 5.75 Å². The van der Waals surface area contributed by atoms with E-state index in [4.69, 9.17) is 14.2 Å². The molecule has 0 aromatic heterocycles. The number of hydrogen-bond acceptors (Lipinski definition) is 5. The van der Waals surface area contributed by atoms with E-state index in [0.29, 0.717) is 23.8 Å². The molecular weight excluding hydrogens is 274 g/mol. The first kappa shape index (κ1) is 14.0. The van der Waals surface area contributed by atoms with Crippen LogP contribution in [0.25, 0.3) is 0 Å². The van der Waals surface area contributed by atoms with Crippen LogP contribution in [0.5, 0.6) is 17.2 Å². The molecule has 0 spiro atoms. The molecule has 1 fully saturated rings. The van der Waals surface area contributed by atoms with Crippen LogP contribution < -0.4 is 19.5 Å². The molecule has 1 atom stereocenters. The molecule has 1 amide bonds. The maximum Gasteiger partial charge on any atom is 0.260 e. The first-order valence-electron chi connectivity index (χ1n) is 7.07. The van der Waals surface area contributed by atoms with Crippen LogP contribution in [-0.2, 0) is 4.79 Å². The lowest BCUT2D eigenvalue weighted by atomic mass is 10.1. The van der Waals surface area contributed by atoms with Crippen molar-refractivity contribution in [3.63, 3.8) is 0 Å². The third kappa shape index (κ3) is 3.05. The molecule has 21 heavy (non-hydrogen) atoms. The van der Waals surface area contributed by atoms with Crippen molar-refractivity contribution in [1.82, 2.24) is 5.32 Å². The summed E-state index contributed by atoms with van der Waals surface area (Å²) in [4.78, 5) is 12.0. The van der Waals surface area contributed by atoms with Crippen LogP contribution in [0, 0.1) is 5.41 Å². The van der Waals surface area contributed by atoms with Crippen molar-refractivity contribution in [1.29, 1.82) is 0 Å². The molecule has 6 nitrogen and oxygen atoms in total. The Morgan fingerprint density at radius 2 is 2.19 bits per heavy atom. The number of carbonyl (C=O) groups is 1. The second-order valence-corrected chi connectivity index (χ2v) is 5.65. The largest absolute Gasteiger partial charge is 0.481 e. The minimum Gasteiger partial charge on any atom is -0.481 e. The average Bonchev–Trinajstić information content (AvgIpc) is 3.13. The quantitative estimate of drug-likeness (QED) is 0.820. The van der Waals surface area contributed by atoms with E-state index in [1.54, 1.807) is 25.1 Å². The summed E-state index contributed by atoms with van der Waals surface area (Å²) in [5.41, 5.74) is -0.103. The van der Waals surface area contributed by atoms with E-state index in [1.807, 2.05) is 0 Å². The zero-order valence-corrected chi connectivity index (χ0v) is 11.9. The van der Waals surface area contributed by atoms with Crippen molar-refractivity contribution in [2.75, 3.05) is 19.9 Å². The second-order valence-electron chi connectivity index (χ2n) is 5.65. The molecule has 3 rings (SSSR count). The highest BCUT2D eigenvalue weighted by Gasteiger charge is 2.42. The lowest BCUT2D eigenvalue weighted by Crippen LogP contribution is -2.40. The molecule has 1 heterocycles. The number of ether oxygens (including phenoxy) is 3. The molecule has 1 aliphatic carbocycles. The fourth-order valence-electron chi connectivity index (χ4n) is 2.19. The Morgan fingerprint density at radius 1 is 1.43 bits per heavy atom. The van der Waals surface area contributed by atoms with Gasteiger partial charge in [-0.05, 0) is 31.9 Å². The van der Waals surface area contributed by atoms with Gasteiger partial charge in [-0.15, -0.1) is 0 Å². The summed E-state index contributed by atoms with van der Waals surface area (Å²) in [5.74, 6) is 1.67. The van der Waals surface area contributed by atoms with E-state index in [0.717, 1.165) is 12.8 Å². The van der Waals surface area contributed by atoms with E-state index in [9.17, 15) is 9.90 Å². The number of carbonyl (C=O) groups excluding carboxylic acids is 1. The maximum absolute atomic E-state index is 12.0. The summed E-state index contributed by atoms with van der Waals surface area (Å²) >= 11 is 0. The molecular formula is C15H19NO5. The molecule has 1 aliphatic heterocycles. The van der Waals surface area contributed by atoms with Gasteiger partial charge in [0.05, 0.1) is 6.61 Å². The van der Waals surface area contributed by atoms with Gasteiger partial charge < -0.3 is 24.6 Å². The third-order valence-corrected chi connectivity index (χ3v) is 3.96. The third-order valence-electron chi connectivity index (χ3n) is 3.96. The van der Waals surface area contributed by atoms with Gasteiger partial charge in [-0.3, -0.25) is 4.79 Å². The number of amides is 1. The first-order chi connectivity index (χ1) is 10.1. The van der Waals surface area contributed by atoms with Crippen LogP contribution in [0.3, 0.4) is 0 Å². The summed E-state index contributed by atoms with van der Waals surface area (Å²) in [5, 5.41) is 12.1. The zero-order valence-electron chi connectivity index (χ0n) is 11.9. The SMILES string of the molecule is C[C@@H](Oc1ccc2c(c1)OCO2)C(=O)NCC1(CO)CC1. The van der Waals surface area contributed by atoms with Crippen molar-refractivity contribution >= 4 is 5.91 Å². The Hall–Kier alpha value is -1.95. The smallest absolute Gasteiger partial charge is 0.260 e. The van der Waals surface area contributed by atoms with Crippen molar-refractivity contribution in [3.05, 3.63) is 18.2 Å². The summed E-state index contributed by atoms with van der Waals surface area (Å²) in [7, 11) is 0. The van der Waals surface area contributed by atoms with E-state index < -0.39 is 6.10 Å². The predicted molar refractivity (Wildman–Crippen MR) is 74.4 cm³/mol. The Kier molecular flexibility index (Phi) is 3.63. The van der Waals surface area contributed by atoms with Gasteiger partial charge in [-0.25, -0.2) is 0 Å². The Bertz CT molecular complexity index is 541. The van der Waals surface area contributed by atoms with E-state index in [-0.39, 0.29) is 24.7 Å². The topological polar surface area (TPSA) is 77.0 Å². The van der Waals surface area contributed by atoms with Gasteiger partial charge in [-0.1, -0.05) is 0 Å². The molecule has 0 radical (unpaired) electrons. The van der Waals surface area contributed by atoms with E-state index in [2.05, 4.69) is 5.32 Å². The Morgan fingerprint density at radius 3 is 2.90 bits per heavy atom. The van der Waals surface area contributed by atoms with Gasteiger partial charge in [0.15, 0.2) is 17.6 Å². The highest BCUT2D eigenvalue weighted by atomic mass is 16.7. The van der Waals surface area contributed by atoms with Crippen LogP contribution in [0.2, 0.25) is 0 Å². The van der Waals surface area contributed by atoms with Crippen LogP contribution in [0.1, 0.15) is 19.8 Å². The summed E-state index contributed by atoms with van der Waals surface area (Å²) in [6, 6.07) is 5.21. The van der Waals surface area contributed by atoms with Crippen LogP contribution in [-0.4, -0.2) is 37.1 Å². The molecule has 1 aromatic rings. The van der Waals surface area contributed by atoms with Crippen molar-refractivity contribution in [2.45, 2.75) is 25.9 Å². The molecule has 2 aliphatic rings. The number of rotatable bonds is 6. The number of fused-ring (bicyclic) bond motifs is 1. The Balaban J connectivity index is 1.53. The molecule has 0 bridgehead atoms.